The van der Waals surface area contributed by atoms with E-state index in [1.807, 2.05) is 11.8 Å². The molecular formula is C30H36F3N3O8. The molecule has 1 aliphatic heterocycles. The van der Waals surface area contributed by atoms with Crippen LogP contribution in [0.4, 0.5) is 13.2 Å². The molecule has 14 heteroatoms. The van der Waals surface area contributed by atoms with Gasteiger partial charge in [0, 0.05) is 28.7 Å². The first kappa shape index (κ1) is 31.8. The lowest BCUT2D eigenvalue weighted by Gasteiger charge is -2.50. The second-order valence-corrected chi connectivity index (χ2v) is 12.2. The number of aliphatic hydroxyl groups excluding tert-OH is 2. The van der Waals surface area contributed by atoms with Crippen molar-refractivity contribution >= 4 is 17.5 Å². The third-order valence-corrected chi connectivity index (χ3v) is 9.40. The lowest BCUT2D eigenvalue weighted by molar-refractivity contribution is -0.275. The predicted octanol–water partition coefficient (Wildman–Crippen LogP) is 2.96. The maximum absolute atomic E-state index is 14.0. The number of halogens is 3. The van der Waals surface area contributed by atoms with E-state index in [1.165, 1.54) is 19.0 Å². The number of fused-ring (bicyclic) bond motifs is 3. The minimum atomic E-state index is -5.13. The van der Waals surface area contributed by atoms with Gasteiger partial charge in [-0.15, -0.1) is 13.2 Å². The van der Waals surface area contributed by atoms with Gasteiger partial charge in [-0.05, 0) is 71.3 Å². The molecule has 5 atom stereocenters. The molecule has 1 saturated heterocycles. The predicted molar refractivity (Wildman–Crippen MR) is 149 cm³/mol. The van der Waals surface area contributed by atoms with Crippen LogP contribution in [0, 0.1) is 11.8 Å². The fourth-order valence-electron chi connectivity index (χ4n) is 7.71. The molecule has 6 N–H and O–H groups in total. The molecule has 5 rings (SSSR count). The van der Waals surface area contributed by atoms with Gasteiger partial charge in [0.1, 0.15) is 28.6 Å². The molecule has 3 aliphatic carbocycles. The summed E-state index contributed by atoms with van der Waals surface area (Å²) in [5.41, 5.74) is 0.433. The highest BCUT2D eigenvalue weighted by Crippen LogP contribution is 2.55. The molecule has 1 heterocycles. The van der Waals surface area contributed by atoms with Gasteiger partial charge in [0.25, 0.3) is 5.91 Å². The van der Waals surface area contributed by atoms with Crippen LogP contribution in [-0.2, 0) is 16.0 Å². The van der Waals surface area contributed by atoms with Gasteiger partial charge in [-0.2, -0.15) is 0 Å². The Kier molecular flexibility index (Phi) is 8.00. The van der Waals surface area contributed by atoms with Crippen LogP contribution in [0.2, 0.25) is 0 Å². The number of ketones is 2. The Labute approximate surface area is 251 Å². The number of primary amides is 1. The van der Waals surface area contributed by atoms with Crippen LogP contribution >= 0.6 is 0 Å². The zero-order valence-corrected chi connectivity index (χ0v) is 24.6. The van der Waals surface area contributed by atoms with E-state index >= 15 is 0 Å². The quantitative estimate of drug-likeness (QED) is 0.297. The lowest BCUT2D eigenvalue weighted by Crippen LogP contribution is -2.63. The van der Waals surface area contributed by atoms with Crippen molar-refractivity contribution in [3.05, 3.63) is 45.4 Å². The number of carbonyl (C=O) groups excluding carboxylic acids is 3. The van der Waals surface area contributed by atoms with E-state index in [0.717, 1.165) is 25.3 Å². The van der Waals surface area contributed by atoms with E-state index in [2.05, 4.69) is 4.74 Å². The van der Waals surface area contributed by atoms with Crippen LogP contribution in [0.3, 0.4) is 0 Å². The SMILES string of the molecule is CCCN1CCCCC1c1cc(O)c2c(c1OC(F)(F)F)C[C@H]1C[C@H]3[C@H](N(C)C)C(O)=C(C(N)=O)C(=O)[C@@]3(O)C(O)=C1C2=O. The van der Waals surface area contributed by atoms with Crippen LogP contribution < -0.4 is 10.5 Å². The highest BCUT2D eigenvalue weighted by Gasteiger charge is 2.63. The molecule has 0 saturated carbocycles. The molecule has 0 radical (unpaired) electrons. The second-order valence-electron chi connectivity index (χ2n) is 12.2. The van der Waals surface area contributed by atoms with Crippen molar-refractivity contribution < 1.29 is 52.7 Å². The summed E-state index contributed by atoms with van der Waals surface area (Å²) in [6.07, 6.45) is -2.87. The van der Waals surface area contributed by atoms with E-state index in [9.17, 15) is 48.0 Å². The molecule has 0 spiro atoms. The number of aromatic hydroxyl groups is 1. The number of rotatable bonds is 6. The molecule has 240 valence electrons. The maximum atomic E-state index is 14.0. The number of nitrogens with two attached hydrogens (primary N) is 1. The van der Waals surface area contributed by atoms with E-state index in [-0.39, 0.29) is 24.0 Å². The molecule has 4 aliphatic rings. The standard InChI is InChI=1S/C30H36F3N3O8/c1-4-8-36-9-6-5-7-17(36)14-12-18(37)20-15(25(14)44-30(31,32)33)10-13-11-16-22(35(2)3)24(39)21(28(34)42)27(41)29(16,43)26(40)19(13)23(20)38/h12-13,16-17,22,37,39-40,43H,4-11H2,1-3H3,(H2,34,42)/t13-,16-,17?,22-,29-/m0/s1. The summed E-state index contributed by atoms with van der Waals surface area (Å²) in [5, 5.41) is 45.2. The van der Waals surface area contributed by atoms with Gasteiger partial charge >= 0.3 is 6.36 Å². The first-order valence-electron chi connectivity index (χ1n) is 14.6. The summed E-state index contributed by atoms with van der Waals surface area (Å²) in [6, 6.07) is -0.650. The lowest BCUT2D eigenvalue weighted by atomic mass is 9.58. The average Bonchev–Trinajstić information content (AvgIpc) is 2.91. The van der Waals surface area contributed by atoms with Crippen LogP contribution in [0.25, 0.3) is 0 Å². The Bertz CT molecular complexity index is 1480. The molecular weight excluding hydrogens is 587 g/mol. The molecule has 1 unspecified atom stereocenters. The third-order valence-electron chi connectivity index (χ3n) is 9.40. The van der Waals surface area contributed by atoms with Crippen molar-refractivity contribution in [3.8, 4) is 11.5 Å². The number of amides is 1. The summed E-state index contributed by atoms with van der Waals surface area (Å²) in [6.45, 7) is 3.18. The van der Waals surface area contributed by atoms with Crippen molar-refractivity contribution in [1.82, 2.24) is 9.80 Å². The highest BCUT2D eigenvalue weighted by atomic mass is 19.4. The molecule has 44 heavy (non-hydrogen) atoms. The van der Waals surface area contributed by atoms with Gasteiger partial charge in [-0.25, -0.2) is 0 Å². The number of Topliss-reactive ketones (excluding diaryl/α,β-unsaturated/α-hetero) is 2. The number of aliphatic hydroxyl groups is 3. The van der Waals surface area contributed by atoms with Gasteiger partial charge in [-0.3, -0.25) is 24.2 Å². The van der Waals surface area contributed by atoms with Crippen molar-refractivity contribution in [2.45, 2.75) is 69.5 Å². The molecule has 0 aromatic heterocycles. The number of benzene rings is 1. The third kappa shape index (κ3) is 4.83. The summed E-state index contributed by atoms with van der Waals surface area (Å²) in [7, 11) is 2.97. The van der Waals surface area contributed by atoms with Crippen LogP contribution in [0.5, 0.6) is 11.5 Å². The number of phenolic OH excluding ortho intramolecular Hbond substituents is 1. The van der Waals surface area contributed by atoms with Gasteiger partial charge < -0.3 is 30.9 Å². The Hall–Kier alpha value is -3.62. The fourth-order valence-corrected chi connectivity index (χ4v) is 7.71. The van der Waals surface area contributed by atoms with Gasteiger partial charge in [0.05, 0.1) is 11.6 Å². The van der Waals surface area contributed by atoms with Crippen molar-refractivity contribution in [2.24, 2.45) is 17.6 Å². The topological polar surface area (TPSA) is 174 Å². The van der Waals surface area contributed by atoms with Gasteiger partial charge in [-0.1, -0.05) is 13.3 Å². The van der Waals surface area contributed by atoms with E-state index < -0.39 is 93.1 Å². The maximum Gasteiger partial charge on any atom is 0.573 e. The van der Waals surface area contributed by atoms with Crippen molar-refractivity contribution in [3.63, 3.8) is 0 Å². The summed E-state index contributed by atoms with van der Waals surface area (Å²) < 4.78 is 46.4. The number of hydrogen-bond donors (Lipinski definition) is 5. The van der Waals surface area contributed by atoms with Crippen LogP contribution in [0.1, 0.15) is 66.6 Å². The average molecular weight is 624 g/mol. The molecule has 1 amide bonds. The Balaban J connectivity index is 1.72. The van der Waals surface area contributed by atoms with Crippen molar-refractivity contribution in [1.29, 1.82) is 0 Å². The van der Waals surface area contributed by atoms with Crippen molar-refractivity contribution in [2.75, 3.05) is 27.2 Å². The van der Waals surface area contributed by atoms with E-state index in [0.29, 0.717) is 19.5 Å². The van der Waals surface area contributed by atoms with E-state index in [4.69, 9.17) is 5.73 Å². The zero-order valence-electron chi connectivity index (χ0n) is 24.6. The number of allylic oxidation sites excluding steroid dienone is 1. The number of likely N-dealkylation sites (tertiary alicyclic amines) is 1. The minimum Gasteiger partial charge on any atom is -0.510 e. The van der Waals surface area contributed by atoms with Crippen LogP contribution in [0.15, 0.2) is 28.7 Å². The van der Waals surface area contributed by atoms with Gasteiger partial charge in [0.15, 0.2) is 11.4 Å². The monoisotopic (exact) mass is 623 g/mol. The number of phenols is 1. The number of piperidine rings is 1. The first-order valence-corrected chi connectivity index (χ1v) is 14.6. The summed E-state index contributed by atoms with van der Waals surface area (Å²) in [5.74, 6) is -9.24. The molecule has 1 aromatic rings. The molecule has 11 nitrogen and oxygen atoms in total. The number of likely N-dealkylation sites (N-methyl/N-ethyl adjacent to an activating group) is 1. The number of carbonyl (C=O) groups is 3. The smallest absolute Gasteiger partial charge is 0.510 e. The zero-order chi connectivity index (χ0) is 32.5. The Morgan fingerprint density at radius 1 is 1.20 bits per heavy atom. The summed E-state index contributed by atoms with van der Waals surface area (Å²) in [4.78, 5) is 43.0. The number of ether oxygens (including phenoxy) is 1. The van der Waals surface area contributed by atoms with Gasteiger partial charge in [0.2, 0.25) is 5.78 Å². The highest BCUT2D eigenvalue weighted by molar-refractivity contribution is 6.24. The molecule has 0 bridgehead atoms. The molecule has 1 aromatic carbocycles. The number of alkyl halides is 3. The first-order chi connectivity index (χ1) is 20.5. The van der Waals surface area contributed by atoms with E-state index in [1.54, 1.807) is 0 Å². The Morgan fingerprint density at radius 3 is 2.48 bits per heavy atom. The second kappa shape index (κ2) is 11.1. The normalized spacial score (nSPS) is 29.5. The molecule has 1 fully saturated rings. The minimum absolute atomic E-state index is 0.0918. The Morgan fingerprint density at radius 2 is 1.89 bits per heavy atom. The number of hydrogen-bond acceptors (Lipinski definition) is 10. The summed E-state index contributed by atoms with van der Waals surface area (Å²) >= 11 is 0. The largest absolute Gasteiger partial charge is 0.573 e. The number of nitrogens with zero attached hydrogens (tertiary/aromatic N) is 2. The van der Waals surface area contributed by atoms with Crippen LogP contribution in [-0.4, -0.2) is 92.9 Å². The fraction of sp³-hybridized carbons (Fsp3) is 0.567.